The highest BCUT2D eigenvalue weighted by atomic mass is 19.4. The summed E-state index contributed by atoms with van der Waals surface area (Å²) in [6.07, 6.45) is 1.02. The number of para-hydroxylation sites is 1. The summed E-state index contributed by atoms with van der Waals surface area (Å²) in [4.78, 5) is 18.5. The van der Waals surface area contributed by atoms with Gasteiger partial charge in [0.1, 0.15) is 18.0 Å². The van der Waals surface area contributed by atoms with Gasteiger partial charge in [0.05, 0.1) is 11.3 Å². The topological polar surface area (TPSA) is 66.8 Å². The third kappa shape index (κ3) is 3.03. The molecule has 0 fully saturated rings. The molecule has 1 aliphatic heterocycles. The zero-order chi connectivity index (χ0) is 18.1. The minimum Gasteiger partial charge on any atom is -0.324 e. The van der Waals surface area contributed by atoms with Crippen LogP contribution in [0.15, 0.2) is 49.1 Å². The molecular weight excluding hydrogens is 345 g/mol. The first-order chi connectivity index (χ1) is 12.5. The highest BCUT2D eigenvalue weighted by Gasteiger charge is 2.33. The number of alkyl halides is 3. The maximum absolute atomic E-state index is 13.1. The number of hydrogen-bond donors (Lipinski definition) is 1. The van der Waals surface area contributed by atoms with E-state index in [0.29, 0.717) is 12.4 Å². The molecule has 3 aromatic rings. The second-order valence-corrected chi connectivity index (χ2v) is 5.68. The van der Waals surface area contributed by atoms with Crippen molar-refractivity contribution in [3.05, 3.63) is 60.2 Å². The normalized spacial score (nSPS) is 13.6. The lowest BCUT2D eigenvalue weighted by Gasteiger charge is -2.18. The van der Waals surface area contributed by atoms with Crippen LogP contribution in [0.2, 0.25) is 0 Å². The lowest BCUT2D eigenvalue weighted by Crippen LogP contribution is -2.17. The molecule has 4 rings (SSSR count). The fourth-order valence-electron chi connectivity index (χ4n) is 2.85. The molecule has 1 N–H and O–H groups in total. The lowest BCUT2D eigenvalue weighted by atomic mass is 10.1. The Labute approximate surface area is 146 Å². The molecule has 0 amide bonds. The number of benzene rings is 1. The second-order valence-electron chi connectivity index (χ2n) is 5.68. The van der Waals surface area contributed by atoms with Crippen molar-refractivity contribution >= 4 is 23.3 Å². The molecule has 0 atom stereocenters. The van der Waals surface area contributed by atoms with Crippen molar-refractivity contribution in [2.24, 2.45) is 0 Å². The first-order valence-electron chi connectivity index (χ1n) is 7.85. The predicted molar refractivity (Wildman–Crippen MR) is 89.5 cm³/mol. The van der Waals surface area contributed by atoms with E-state index in [0.717, 1.165) is 23.9 Å². The molecule has 0 saturated carbocycles. The smallest absolute Gasteiger partial charge is 0.324 e. The van der Waals surface area contributed by atoms with E-state index < -0.39 is 11.7 Å². The third-order valence-corrected chi connectivity index (χ3v) is 4.02. The van der Waals surface area contributed by atoms with Crippen LogP contribution in [0.1, 0.15) is 11.1 Å². The summed E-state index contributed by atoms with van der Waals surface area (Å²) in [6, 6.07) is 6.91. The molecule has 0 saturated heterocycles. The highest BCUT2D eigenvalue weighted by Crippen LogP contribution is 2.36. The number of rotatable bonds is 3. The molecule has 2 aromatic heterocycles. The number of aromatic nitrogens is 4. The maximum Gasteiger partial charge on any atom is 0.418 e. The number of anilines is 4. The van der Waals surface area contributed by atoms with Crippen LogP contribution in [-0.4, -0.2) is 26.5 Å². The first kappa shape index (κ1) is 16.2. The van der Waals surface area contributed by atoms with Crippen LogP contribution < -0.4 is 10.2 Å². The Hall–Kier alpha value is -3.23. The van der Waals surface area contributed by atoms with Gasteiger partial charge in [0.15, 0.2) is 0 Å². The monoisotopic (exact) mass is 358 g/mol. The van der Waals surface area contributed by atoms with E-state index in [1.165, 1.54) is 30.7 Å². The van der Waals surface area contributed by atoms with Crippen molar-refractivity contribution in [1.82, 2.24) is 19.9 Å². The van der Waals surface area contributed by atoms with Gasteiger partial charge in [-0.05, 0) is 24.6 Å². The van der Waals surface area contributed by atoms with Crippen molar-refractivity contribution in [1.29, 1.82) is 0 Å². The Bertz CT molecular complexity index is 944. The molecule has 0 spiro atoms. The first-order valence-corrected chi connectivity index (χ1v) is 7.85. The quantitative estimate of drug-likeness (QED) is 0.770. The van der Waals surface area contributed by atoms with Crippen LogP contribution in [0.25, 0.3) is 0 Å². The molecule has 9 heteroatoms. The molecular formula is C17H13F3N6. The lowest BCUT2D eigenvalue weighted by molar-refractivity contribution is -0.136. The summed E-state index contributed by atoms with van der Waals surface area (Å²) in [5.74, 6) is 1.39. The van der Waals surface area contributed by atoms with Crippen molar-refractivity contribution in [2.45, 2.75) is 12.6 Å². The minimum atomic E-state index is -4.47. The zero-order valence-corrected chi connectivity index (χ0v) is 13.4. The van der Waals surface area contributed by atoms with Crippen LogP contribution in [0.4, 0.5) is 36.4 Å². The van der Waals surface area contributed by atoms with Gasteiger partial charge in [0, 0.05) is 24.5 Å². The largest absolute Gasteiger partial charge is 0.418 e. The van der Waals surface area contributed by atoms with Crippen molar-refractivity contribution in [3.8, 4) is 0 Å². The molecule has 0 aliphatic carbocycles. The van der Waals surface area contributed by atoms with Crippen LogP contribution in [0, 0.1) is 0 Å². The minimum absolute atomic E-state index is 0.0849. The van der Waals surface area contributed by atoms with Gasteiger partial charge in [0.25, 0.3) is 0 Å². The fourth-order valence-corrected chi connectivity index (χ4v) is 2.85. The summed E-state index contributed by atoms with van der Waals surface area (Å²) in [7, 11) is 0. The molecule has 0 bridgehead atoms. The van der Waals surface area contributed by atoms with Gasteiger partial charge in [0.2, 0.25) is 5.95 Å². The summed E-state index contributed by atoms with van der Waals surface area (Å²) in [6.45, 7) is 0.670. The number of fused-ring (bicyclic) bond motifs is 1. The van der Waals surface area contributed by atoms with E-state index >= 15 is 0 Å². The average Bonchev–Trinajstić information content (AvgIpc) is 3.06. The van der Waals surface area contributed by atoms with Gasteiger partial charge < -0.3 is 10.2 Å². The molecule has 1 aromatic carbocycles. The van der Waals surface area contributed by atoms with E-state index in [4.69, 9.17) is 0 Å². The van der Waals surface area contributed by atoms with Crippen molar-refractivity contribution in [2.75, 3.05) is 16.8 Å². The fraction of sp³-hybridized carbons (Fsp3) is 0.176. The summed E-state index contributed by atoms with van der Waals surface area (Å²) >= 11 is 0. The SMILES string of the molecule is FC(F)(F)c1ccccc1Nc1nccc(N2CCc3cncnc32)n1. The average molecular weight is 358 g/mol. The maximum atomic E-state index is 13.1. The summed E-state index contributed by atoms with van der Waals surface area (Å²) in [5, 5.41) is 2.67. The van der Waals surface area contributed by atoms with Crippen molar-refractivity contribution in [3.63, 3.8) is 0 Å². The van der Waals surface area contributed by atoms with Crippen LogP contribution in [0.3, 0.4) is 0 Å². The zero-order valence-electron chi connectivity index (χ0n) is 13.4. The van der Waals surface area contributed by atoms with Gasteiger partial charge in [-0.25, -0.2) is 15.0 Å². The van der Waals surface area contributed by atoms with Crippen LogP contribution in [0.5, 0.6) is 0 Å². The Morgan fingerprint density at radius 2 is 1.92 bits per heavy atom. The van der Waals surface area contributed by atoms with Gasteiger partial charge >= 0.3 is 6.18 Å². The number of nitrogens with one attached hydrogen (secondary N) is 1. The van der Waals surface area contributed by atoms with E-state index in [1.807, 2.05) is 4.90 Å². The number of nitrogens with zero attached hydrogens (tertiary/aromatic N) is 5. The Balaban J connectivity index is 1.64. The van der Waals surface area contributed by atoms with Crippen LogP contribution in [-0.2, 0) is 12.6 Å². The van der Waals surface area contributed by atoms with E-state index in [9.17, 15) is 13.2 Å². The molecule has 1 aliphatic rings. The van der Waals surface area contributed by atoms with Gasteiger partial charge in [-0.3, -0.25) is 0 Å². The second kappa shape index (κ2) is 6.25. The standard InChI is InChI=1S/C17H13F3N6/c18-17(19,20)12-3-1-2-4-13(12)24-16-22-7-5-14(25-16)26-8-6-11-9-21-10-23-15(11)26/h1-5,7,9-10H,6,8H2,(H,22,24,25). The van der Waals surface area contributed by atoms with Crippen LogP contribution >= 0.6 is 0 Å². The van der Waals surface area contributed by atoms with Gasteiger partial charge in [-0.15, -0.1) is 0 Å². The molecule has 0 unspecified atom stereocenters. The Morgan fingerprint density at radius 3 is 2.77 bits per heavy atom. The predicted octanol–water partition coefficient (Wildman–Crippen LogP) is 3.72. The summed E-state index contributed by atoms with van der Waals surface area (Å²) in [5.41, 5.74) is 0.137. The molecule has 6 nitrogen and oxygen atoms in total. The Morgan fingerprint density at radius 1 is 1.08 bits per heavy atom. The van der Waals surface area contributed by atoms with Gasteiger partial charge in [-0.1, -0.05) is 12.1 Å². The van der Waals surface area contributed by atoms with Crippen molar-refractivity contribution < 1.29 is 13.2 Å². The Kier molecular flexibility index (Phi) is 3.90. The molecule has 132 valence electrons. The highest BCUT2D eigenvalue weighted by molar-refractivity contribution is 5.65. The van der Waals surface area contributed by atoms with E-state index in [2.05, 4.69) is 25.3 Å². The van der Waals surface area contributed by atoms with E-state index in [-0.39, 0.29) is 11.6 Å². The molecule has 26 heavy (non-hydrogen) atoms. The third-order valence-electron chi connectivity index (χ3n) is 4.02. The van der Waals surface area contributed by atoms with Gasteiger partial charge in [-0.2, -0.15) is 18.2 Å². The number of hydrogen-bond acceptors (Lipinski definition) is 6. The summed E-state index contributed by atoms with van der Waals surface area (Å²) < 4.78 is 39.4. The molecule has 3 heterocycles. The van der Waals surface area contributed by atoms with E-state index in [1.54, 1.807) is 12.3 Å². The number of halogens is 3. The molecule has 0 radical (unpaired) electrons.